The van der Waals surface area contributed by atoms with Gasteiger partial charge in [-0.25, -0.2) is 0 Å². The van der Waals surface area contributed by atoms with Crippen LogP contribution in [0.15, 0.2) is 53.1 Å². The number of aromatic nitrogens is 4. The smallest absolute Gasteiger partial charge is 0.170 e. The molecule has 6 heteroatoms. The molecule has 0 atom stereocenters. The monoisotopic (exact) mass is 339 g/mol. The minimum absolute atomic E-state index is 0.618. The summed E-state index contributed by atoms with van der Waals surface area (Å²) in [7, 11) is 0. The normalized spacial score (nSPS) is 11.8. The molecule has 0 unspecified atom stereocenters. The fourth-order valence-electron chi connectivity index (χ4n) is 3.43. The van der Waals surface area contributed by atoms with Gasteiger partial charge in [0.25, 0.3) is 0 Å². The predicted octanol–water partition coefficient (Wildman–Crippen LogP) is 3.81. The number of hydrogen-bond donors (Lipinski definition) is 0. The van der Waals surface area contributed by atoms with Gasteiger partial charge in [0.1, 0.15) is 11.5 Å². The first-order valence-corrected chi connectivity index (χ1v) is 8.25. The maximum Gasteiger partial charge on any atom is 0.170 e. The van der Waals surface area contributed by atoms with Crippen LogP contribution in [0.2, 0.25) is 0 Å². The summed E-state index contributed by atoms with van der Waals surface area (Å²) >= 11 is 0. The van der Waals surface area contributed by atoms with Gasteiger partial charge in [0.2, 0.25) is 0 Å². The molecule has 0 fully saturated rings. The summed E-state index contributed by atoms with van der Waals surface area (Å²) in [5.74, 6) is 2.20. The number of hydrogen-bond acceptors (Lipinski definition) is 5. The zero-order valence-corrected chi connectivity index (χ0v) is 14.0. The van der Waals surface area contributed by atoms with Crippen molar-refractivity contribution >= 4 is 0 Å². The lowest BCUT2D eigenvalue weighted by molar-refractivity contribution is 0.400. The van der Waals surface area contributed by atoms with Crippen molar-refractivity contribution < 1.29 is 4.52 Å². The van der Waals surface area contributed by atoms with Gasteiger partial charge in [-0.15, -0.1) is 10.2 Å². The van der Waals surface area contributed by atoms with Gasteiger partial charge in [-0.3, -0.25) is 0 Å². The quantitative estimate of drug-likeness (QED) is 0.488. The Balaban J connectivity index is 1.69. The van der Waals surface area contributed by atoms with E-state index in [4.69, 9.17) is 9.78 Å². The number of nitriles is 1. The van der Waals surface area contributed by atoms with E-state index in [-0.39, 0.29) is 0 Å². The van der Waals surface area contributed by atoms with Gasteiger partial charge in [-0.2, -0.15) is 5.26 Å². The number of aryl methyl sites for hydroxylation is 1. The van der Waals surface area contributed by atoms with Crippen LogP contribution in [0.25, 0.3) is 34.0 Å². The fraction of sp³-hybridized carbons (Fsp3) is 0.100. The lowest BCUT2D eigenvalue weighted by Gasteiger charge is -2.04. The molecule has 0 amide bonds. The SMILES string of the molecule is Cc1onc(-c2ccccc2)c1-c1nnc2n1Cc1ccc(C#N)cc1-2. The molecule has 5 rings (SSSR count). The molecule has 124 valence electrons. The Labute approximate surface area is 149 Å². The third-order valence-corrected chi connectivity index (χ3v) is 4.69. The maximum absolute atomic E-state index is 9.16. The Morgan fingerprint density at radius 3 is 2.69 bits per heavy atom. The van der Waals surface area contributed by atoms with Gasteiger partial charge in [0.15, 0.2) is 11.6 Å². The van der Waals surface area contributed by atoms with Gasteiger partial charge < -0.3 is 9.09 Å². The second kappa shape index (κ2) is 5.39. The summed E-state index contributed by atoms with van der Waals surface area (Å²) in [6, 6.07) is 17.8. The van der Waals surface area contributed by atoms with Crippen molar-refractivity contribution in [1.29, 1.82) is 5.26 Å². The average molecular weight is 339 g/mol. The van der Waals surface area contributed by atoms with Gasteiger partial charge in [-0.1, -0.05) is 41.6 Å². The Morgan fingerprint density at radius 1 is 1.08 bits per heavy atom. The summed E-state index contributed by atoms with van der Waals surface area (Å²) in [5, 5.41) is 22.2. The molecule has 1 aliphatic rings. The van der Waals surface area contributed by atoms with E-state index in [0.29, 0.717) is 17.9 Å². The first-order chi connectivity index (χ1) is 12.8. The zero-order chi connectivity index (χ0) is 17.7. The van der Waals surface area contributed by atoms with E-state index in [9.17, 15) is 0 Å². The standard InChI is InChI=1S/C20H13N5O/c1-12-17(18(24-26-12)14-5-3-2-4-6-14)20-23-22-19-16-9-13(10-21)7-8-15(16)11-25(19)20/h2-9H,11H2,1H3. The second-order valence-corrected chi connectivity index (χ2v) is 6.25. The summed E-state index contributed by atoms with van der Waals surface area (Å²) in [4.78, 5) is 0. The van der Waals surface area contributed by atoms with E-state index in [1.165, 1.54) is 0 Å². The molecule has 4 aromatic rings. The van der Waals surface area contributed by atoms with E-state index in [1.807, 2.05) is 55.5 Å². The zero-order valence-electron chi connectivity index (χ0n) is 14.0. The molecule has 1 aliphatic heterocycles. The first kappa shape index (κ1) is 14.6. The number of nitrogens with zero attached hydrogens (tertiary/aromatic N) is 5. The van der Waals surface area contributed by atoms with Crippen LogP contribution in [-0.4, -0.2) is 19.9 Å². The molecule has 2 aromatic heterocycles. The van der Waals surface area contributed by atoms with Crippen molar-refractivity contribution in [3.8, 4) is 40.1 Å². The van der Waals surface area contributed by atoms with E-state index in [0.717, 1.165) is 39.6 Å². The van der Waals surface area contributed by atoms with Crippen molar-refractivity contribution in [2.45, 2.75) is 13.5 Å². The molecule has 0 bridgehead atoms. The summed E-state index contributed by atoms with van der Waals surface area (Å²) < 4.78 is 7.53. The topological polar surface area (TPSA) is 80.5 Å². The van der Waals surface area contributed by atoms with Gasteiger partial charge in [0, 0.05) is 11.1 Å². The molecule has 0 N–H and O–H groups in total. The molecule has 0 radical (unpaired) electrons. The van der Waals surface area contributed by atoms with Crippen LogP contribution < -0.4 is 0 Å². The summed E-state index contributed by atoms with van der Waals surface area (Å²) in [6.07, 6.45) is 0. The molecule has 0 spiro atoms. The predicted molar refractivity (Wildman–Crippen MR) is 94.9 cm³/mol. The van der Waals surface area contributed by atoms with Crippen molar-refractivity contribution in [2.24, 2.45) is 0 Å². The molecular formula is C20H13N5O. The highest BCUT2D eigenvalue weighted by Gasteiger charge is 2.28. The molecule has 3 heterocycles. The van der Waals surface area contributed by atoms with Crippen molar-refractivity contribution in [2.75, 3.05) is 0 Å². The van der Waals surface area contributed by atoms with Crippen molar-refractivity contribution in [1.82, 2.24) is 19.9 Å². The van der Waals surface area contributed by atoms with Crippen molar-refractivity contribution in [3.05, 3.63) is 65.4 Å². The van der Waals surface area contributed by atoms with Gasteiger partial charge in [0.05, 0.1) is 23.7 Å². The minimum Gasteiger partial charge on any atom is -0.360 e. The number of benzene rings is 2. The Kier molecular flexibility index (Phi) is 3.03. The highest BCUT2D eigenvalue weighted by atomic mass is 16.5. The summed E-state index contributed by atoms with van der Waals surface area (Å²) in [5.41, 5.74) is 5.28. The highest BCUT2D eigenvalue weighted by Crippen LogP contribution is 2.38. The molecular weight excluding hydrogens is 326 g/mol. The van der Waals surface area contributed by atoms with Crippen LogP contribution in [0.3, 0.4) is 0 Å². The molecule has 2 aromatic carbocycles. The Bertz CT molecular complexity index is 1180. The third-order valence-electron chi connectivity index (χ3n) is 4.69. The van der Waals surface area contributed by atoms with E-state index in [1.54, 1.807) is 0 Å². The molecule has 0 saturated carbocycles. The second-order valence-electron chi connectivity index (χ2n) is 6.25. The van der Waals surface area contributed by atoms with Crippen LogP contribution in [0, 0.1) is 18.3 Å². The van der Waals surface area contributed by atoms with E-state index >= 15 is 0 Å². The minimum atomic E-state index is 0.618. The Morgan fingerprint density at radius 2 is 1.88 bits per heavy atom. The van der Waals surface area contributed by atoms with Crippen LogP contribution in [-0.2, 0) is 6.54 Å². The molecule has 26 heavy (non-hydrogen) atoms. The van der Waals surface area contributed by atoms with Crippen LogP contribution >= 0.6 is 0 Å². The van der Waals surface area contributed by atoms with E-state index < -0.39 is 0 Å². The van der Waals surface area contributed by atoms with Crippen LogP contribution in [0.5, 0.6) is 0 Å². The maximum atomic E-state index is 9.16. The lowest BCUT2D eigenvalue weighted by atomic mass is 10.1. The van der Waals surface area contributed by atoms with Crippen LogP contribution in [0.1, 0.15) is 16.9 Å². The lowest BCUT2D eigenvalue weighted by Crippen LogP contribution is -1.98. The highest BCUT2D eigenvalue weighted by molar-refractivity contribution is 5.80. The molecule has 0 aliphatic carbocycles. The van der Waals surface area contributed by atoms with Crippen molar-refractivity contribution in [3.63, 3.8) is 0 Å². The van der Waals surface area contributed by atoms with Gasteiger partial charge >= 0.3 is 0 Å². The fourth-order valence-corrected chi connectivity index (χ4v) is 3.43. The Hall–Kier alpha value is -3.72. The molecule has 0 saturated heterocycles. The first-order valence-electron chi connectivity index (χ1n) is 8.25. The number of fused-ring (bicyclic) bond motifs is 3. The van der Waals surface area contributed by atoms with Crippen LogP contribution in [0.4, 0.5) is 0 Å². The van der Waals surface area contributed by atoms with Gasteiger partial charge in [-0.05, 0) is 24.6 Å². The summed E-state index contributed by atoms with van der Waals surface area (Å²) in [6.45, 7) is 2.55. The number of rotatable bonds is 2. The molecule has 6 nitrogen and oxygen atoms in total. The third kappa shape index (κ3) is 2.01. The average Bonchev–Trinajstić information content (AvgIpc) is 3.35. The van der Waals surface area contributed by atoms with E-state index in [2.05, 4.69) is 26.0 Å². The largest absolute Gasteiger partial charge is 0.360 e.